The molecule has 6 heteroatoms. The second-order valence-corrected chi connectivity index (χ2v) is 4.19. The number of benzene rings is 1. The first-order chi connectivity index (χ1) is 9.33. The Balaban J connectivity index is 1.97. The van der Waals surface area contributed by atoms with Crippen LogP contribution in [0.1, 0.15) is 0 Å². The fraction of sp³-hybridized carbons (Fsp3) is 0.0769. The summed E-state index contributed by atoms with van der Waals surface area (Å²) in [6, 6.07) is 9.33. The maximum atomic E-state index is 5.97. The van der Waals surface area contributed by atoms with Crippen LogP contribution in [-0.4, -0.2) is 21.3 Å². The van der Waals surface area contributed by atoms with Crippen molar-refractivity contribution in [2.45, 2.75) is 0 Å². The minimum Gasteiger partial charge on any atom is -0.454 e. The molecule has 3 aromatic rings. The summed E-state index contributed by atoms with van der Waals surface area (Å²) in [5.41, 5.74) is 8.30. The number of ether oxygens (including phenoxy) is 2. The molecule has 0 bridgehead atoms. The molecule has 0 saturated carbocycles. The zero-order valence-electron chi connectivity index (χ0n) is 9.91. The highest BCUT2D eigenvalue weighted by Gasteiger charge is 2.16. The third kappa shape index (κ3) is 1.43. The van der Waals surface area contributed by atoms with Gasteiger partial charge >= 0.3 is 0 Å². The number of nitrogen functional groups attached to an aromatic ring is 1. The molecule has 94 valence electrons. The Morgan fingerprint density at radius 3 is 3.00 bits per heavy atom. The Kier molecular flexibility index (Phi) is 1.94. The van der Waals surface area contributed by atoms with E-state index in [0.29, 0.717) is 11.7 Å². The van der Waals surface area contributed by atoms with Crippen LogP contribution in [-0.2, 0) is 0 Å². The smallest absolute Gasteiger partial charge is 0.231 e. The van der Waals surface area contributed by atoms with Gasteiger partial charge in [0.05, 0.1) is 5.69 Å². The quantitative estimate of drug-likeness (QED) is 0.715. The van der Waals surface area contributed by atoms with Crippen LogP contribution in [0.4, 0.5) is 5.95 Å². The van der Waals surface area contributed by atoms with Crippen LogP contribution in [0.5, 0.6) is 11.5 Å². The van der Waals surface area contributed by atoms with E-state index in [9.17, 15) is 0 Å². The number of hydrogen-bond acceptors (Lipinski definition) is 5. The van der Waals surface area contributed by atoms with Crippen LogP contribution >= 0.6 is 0 Å². The van der Waals surface area contributed by atoms with Gasteiger partial charge in [0.2, 0.25) is 12.7 Å². The van der Waals surface area contributed by atoms with Crippen LogP contribution in [0.2, 0.25) is 0 Å². The highest BCUT2D eigenvalue weighted by molar-refractivity contribution is 5.77. The predicted octanol–water partition coefficient (Wildman–Crippen LogP) is 1.73. The maximum absolute atomic E-state index is 5.97. The maximum Gasteiger partial charge on any atom is 0.231 e. The first kappa shape index (κ1) is 10.2. The van der Waals surface area contributed by atoms with Crippen molar-refractivity contribution in [1.82, 2.24) is 14.5 Å². The van der Waals surface area contributed by atoms with E-state index in [0.717, 1.165) is 22.6 Å². The lowest BCUT2D eigenvalue weighted by molar-refractivity contribution is 0.174. The SMILES string of the molecule is Nc1nc2cccnc2n1-c1ccc2c(c1)OCO2. The number of nitrogens with zero attached hydrogens (tertiary/aromatic N) is 3. The number of rotatable bonds is 1. The summed E-state index contributed by atoms with van der Waals surface area (Å²) in [5, 5.41) is 0. The van der Waals surface area contributed by atoms with Gasteiger partial charge in [0.1, 0.15) is 5.52 Å². The van der Waals surface area contributed by atoms with Crippen molar-refractivity contribution in [3.8, 4) is 17.2 Å². The standard InChI is InChI=1S/C13H10N4O2/c14-13-16-9-2-1-5-15-12(9)17(13)8-3-4-10-11(6-8)19-7-18-10/h1-6H,7H2,(H2,14,16). The van der Waals surface area contributed by atoms with Crippen molar-refractivity contribution in [3.63, 3.8) is 0 Å². The van der Waals surface area contributed by atoms with Crippen LogP contribution < -0.4 is 15.2 Å². The van der Waals surface area contributed by atoms with Gasteiger partial charge in [-0.3, -0.25) is 4.57 Å². The number of fused-ring (bicyclic) bond motifs is 2. The van der Waals surface area contributed by atoms with E-state index < -0.39 is 0 Å². The summed E-state index contributed by atoms with van der Waals surface area (Å²) >= 11 is 0. The summed E-state index contributed by atoms with van der Waals surface area (Å²) in [4.78, 5) is 8.61. The Morgan fingerprint density at radius 2 is 2.05 bits per heavy atom. The highest BCUT2D eigenvalue weighted by atomic mass is 16.7. The zero-order chi connectivity index (χ0) is 12.8. The van der Waals surface area contributed by atoms with Gasteiger partial charge in [-0.1, -0.05) is 0 Å². The summed E-state index contributed by atoms with van der Waals surface area (Å²) in [7, 11) is 0. The first-order valence-corrected chi connectivity index (χ1v) is 5.82. The molecule has 0 aliphatic carbocycles. The van der Waals surface area contributed by atoms with Gasteiger partial charge in [0, 0.05) is 12.3 Å². The molecule has 0 amide bonds. The van der Waals surface area contributed by atoms with Crippen molar-refractivity contribution in [2.75, 3.05) is 12.5 Å². The molecule has 1 aliphatic rings. The van der Waals surface area contributed by atoms with Gasteiger partial charge in [-0.05, 0) is 24.3 Å². The second-order valence-electron chi connectivity index (χ2n) is 4.19. The van der Waals surface area contributed by atoms with Gasteiger partial charge in [-0.15, -0.1) is 0 Å². The lowest BCUT2D eigenvalue weighted by atomic mass is 10.2. The third-order valence-electron chi connectivity index (χ3n) is 3.06. The lowest BCUT2D eigenvalue weighted by Gasteiger charge is -2.06. The zero-order valence-corrected chi connectivity index (χ0v) is 9.91. The van der Waals surface area contributed by atoms with Gasteiger partial charge < -0.3 is 15.2 Å². The summed E-state index contributed by atoms with van der Waals surface area (Å²) < 4.78 is 12.5. The average molecular weight is 254 g/mol. The molecule has 3 heterocycles. The number of imidazole rings is 1. The Morgan fingerprint density at radius 1 is 1.16 bits per heavy atom. The summed E-state index contributed by atoms with van der Waals surface area (Å²) in [5.74, 6) is 1.84. The third-order valence-corrected chi connectivity index (χ3v) is 3.06. The normalized spacial score (nSPS) is 13.1. The number of nitrogens with two attached hydrogens (primary N) is 1. The van der Waals surface area contributed by atoms with E-state index in [4.69, 9.17) is 15.2 Å². The molecule has 6 nitrogen and oxygen atoms in total. The van der Waals surface area contributed by atoms with Crippen LogP contribution in [0.25, 0.3) is 16.9 Å². The number of anilines is 1. The van der Waals surface area contributed by atoms with Gasteiger partial charge in [-0.2, -0.15) is 0 Å². The van der Waals surface area contributed by atoms with Crippen molar-refractivity contribution in [1.29, 1.82) is 0 Å². The lowest BCUT2D eigenvalue weighted by Crippen LogP contribution is -2.01. The fourth-order valence-electron chi connectivity index (χ4n) is 2.21. The topological polar surface area (TPSA) is 75.2 Å². The molecule has 2 aromatic heterocycles. The molecule has 2 N–H and O–H groups in total. The van der Waals surface area contributed by atoms with Crippen molar-refractivity contribution >= 4 is 17.1 Å². The molecule has 1 aliphatic heterocycles. The van der Waals surface area contributed by atoms with Crippen LogP contribution in [0.3, 0.4) is 0 Å². The molecule has 0 fully saturated rings. The van der Waals surface area contributed by atoms with Crippen LogP contribution in [0.15, 0.2) is 36.5 Å². The summed E-state index contributed by atoms with van der Waals surface area (Å²) in [6.45, 7) is 0.247. The van der Waals surface area contributed by atoms with E-state index in [1.807, 2.05) is 30.3 Å². The number of pyridine rings is 1. The largest absolute Gasteiger partial charge is 0.454 e. The van der Waals surface area contributed by atoms with Gasteiger partial charge in [0.25, 0.3) is 0 Å². The molecule has 0 radical (unpaired) electrons. The first-order valence-electron chi connectivity index (χ1n) is 5.82. The fourth-order valence-corrected chi connectivity index (χ4v) is 2.21. The molecule has 19 heavy (non-hydrogen) atoms. The van der Waals surface area contributed by atoms with E-state index >= 15 is 0 Å². The molecule has 1 aromatic carbocycles. The molecule has 0 spiro atoms. The van der Waals surface area contributed by atoms with E-state index in [1.54, 1.807) is 10.8 Å². The van der Waals surface area contributed by atoms with Crippen molar-refractivity contribution < 1.29 is 9.47 Å². The molecular formula is C13H10N4O2. The Bertz CT molecular complexity index is 781. The van der Waals surface area contributed by atoms with Gasteiger partial charge in [0.15, 0.2) is 17.1 Å². The minimum atomic E-state index is 0.247. The number of hydrogen-bond donors (Lipinski definition) is 1. The Hall–Kier alpha value is -2.76. The highest BCUT2D eigenvalue weighted by Crippen LogP contribution is 2.34. The molecule has 0 unspecified atom stereocenters. The second kappa shape index (κ2) is 3.61. The number of aromatic nitrogens is 3. The van der Waals surface area contributed by atoms with E-state index in [1.165, 1.54) is 0 Å². The minimum absolute atomic E-state index is 0.247. The van der Waals surface area contributed by atoms with Crippen molar-refractivity contribution in [2.24, 2.45) is 0 Å². The van der Waals surface area contributed by atoms with Crippen LogP contribution in [0, 0.1) is 0 Å². The summed E-state index contributed by atoms with van der Waals surface area (Å²) in [6.07, 6.45) is 1.72. The Labute approximate surface area is 108 Å². The predicted molar refractivity (Wildman–Crippen MR) is 69.4 cm³/mol. The van der Waals surface area contributed by atoms with Crippen molar-refractivity contribution in [3.05, 3.63) is 36.5 Å². The van der Waals surface area contributed by atoms with E-state index in [2.05, 4.69) is 9.97 Å². The van der Waals surface area contributed by atoms with Gasteiger partial charge in [-0.25, -0.2) is 9.97 Å². The monoisotopic (exact) mass is 254 g/mol. The molecular weight excluding hydrogens is 244 g/mol. The molecule has 0 atom stereocenters. The molecule has 0 saturated heterocycles. The van der Waals surface area contributed by atoms with E-state index in [-0.39, 0.29) is 6.79 Å². The molecule has 4 rings (SSSR count). The average Bonchev–Trinajstić information content (AvgIpc) is 3.00.